The van der Waals surface area contributed by atoms with Gasteiger partial charge in [0.25, 0.3) is 0 Å². The number of halogens is 1. The van der Waals surface area contributed by atoms with E-state index in [1.165, 1.54) is 7.11 Å². The largest absolute Gasteiger partial charge is 0.494 e. The number of benzene rings is 1. The Hall–Kier alpha value is -1.09. The molecule has 0 aliphatic heterocycles. The molecule has 108 valence electrons. The zero-order valence-electron chi connectivity index (χ0n) is 12.7. The molecule has 0 bridgehead atoms. The van der Waals surface area contributed by atoms with Gasteiger partial charge in [0.15, 0.2) is 11.6 Å². The van der Waals surface area contributed by atoms with E-state index < -0.39 is 0 Å². The summed E-state index contributed by atoms with van der Waals surface area (Å²) in [5.41, 5.74) is 1.12. The molecule has 0 radical (unpaired) electrons. The van der Waals surface area contributed by atoms with Crippen molar-refractivity contribution in [3.8, 4) is 5.75 Å². The van der Waals surface area contributed by atoms with Crippen molar-refractivity contribution in [2.24, 2.45) is 11.3 Å². The first-order valence-electron chi connectivity index (χ1n) is 6.87. The molecule has 0 amide bonds. The molecule has 1 rings (SSSR count). The van der Waals surface area contributed by atoms with Gasteiger partial charge in [-0.25, -0.2) is 4.39 Å². The topological polar surface area (TPSA) is 21.3 Å². The van der Waals surface area contributed by atoms with E-state index in [2.05, 4.69) is 33.0 Å². The Morgan fingerprint density at radius 1 is 1.32 bits per heavy atom. The molecule has 1 N–H and O–H groups in total. The Morgan fingerprint density at radius 2 is 2.00 bits per heavy atom. The van der Waals surface area contributed by atoms with Crippen molar-refractivity contribution in [2.75, 3.05) is 20.2 Å². The van der Waals surface area contributed by atoms with Crippen LogP contribution in [0.15, 0.2) is 18.2 Å². The zero-order chi connectivity index (χ0) is 14.5. The highest BCUT2D eigenvalue weighted by Crippen LogP contribution is 2.24. The van der Waals surface area contributed by atoms with Crippen molar-refractivity contribution >= 4 is 0 Å². The molecule has 1 aromatic carbocycles. The van der Waals surface area contributed by atoms with E-state index in [0.717, 1.165) is 25.1 Å². The molecule has 0 atom stereocenters. The van der Waals surface area contributed by atoms with Crippen LogP contribution in [0, 0.1) is 17.2 Å². The van der Waals surface area contributed by atoms with Crippen LogP contribution in [0.3, 0.4) is 0 Å². The number of hydrogen-bond acceptors (Lipinski definition) is 2. The minimum atomic E-state index is -0.286. The molecule has 19 heavy (non-hydrogen) atoms. The Morgan fingerprint density at radius 3 is 2.53 bits per heavy atom. The predicted molar refractivity (Wildman–Crippen MR) is 78.1 cm³/mol. The lowest BCUT2D eigenvalue weighted by Crippen LogP contribution is -2.33. The molecule has 0 saturated heterocycles. The maximum Gasteiger partial charge on any atom is 0.165 e. The van der Waals surface area contributed by atoms with Crippen molar-refractivity contribution in [2.45, 2.75) is 34.1 Å². The van der Waals surface area contributed by atoms with E-state index >= 15 is 0 Å². The second-order valence-corrected chi connectivity index (χ2v) is 6.33. The Kier molecular flexibility index (Phi) is 5.80. The number of nitrogens with one attached hydrogen (secondary N) is 1. The highest BCUT2D eigenvalue weighted by Gasteiger charge is 2.19. The van der Waals surface area contributed by atoms with Crippen molar-refractivity contribution in [1.29, 1.82) is 0 Å². The third-order valence-electron chi connectivity index (χ3n) is 3.06. The van der Waals surface area contributed by atoms with Crippen LogP contribution in [0.25, 0.3) is 0 Å². The van der Waals surface area contributed by atoms with E-state index in [0.29, 0.717) is 11.7 Å². The van der Waals surface area contributed by atoms with Crippen molar-refractivity contribution in [1.82, 2.24) is 5.32 Å². The van der Waals surface area contributed by atoms with Crippen LogP contribution in [0.2, 0.25) is 0 Å². The Labute approximate surface area is 116 Å². The third kappa shape index (κ3) is 5.60. The SMILES string of the molecule is COc1ccc(CC(C)(C)CNCC(C)C)cc1F. The number of hydrogen-bond donors (Lipinski definition) is 1. The fraction of sp³-hybridized carbons (Fsp3) is 0.625. The van der Waals surface area contributed by atoms with Gasteiger partial charge in [0, 0.05) is 6.54 Å². The standard InChI is InChI=1S/C16H26FNO/c1-12(2)10-18-11-16(3,4)9-13-6-7-15(19-5)14(17)8-13/h6-8,12,18H,9-11H2,1-5H3. The molecule has 2 nitrogen and oxygen atoms in total. The molecule has 0 saturated carbocycles. The summed E-state index contributed by atoms with van der Waals surface area (Å²) in [4.78, 5) is 0. The van der Waals surface area contributed by atoms with E-state index in [1.807, 2.05) is 6.07 Å². The molecule has 0 aliphatic carbocycles. The van der Waals surface area contributed by atoms with Crippen LogP contribution < -0.4 is 10.1 Å². The first kappa shape index (κ1) is 16.0. The van der Waals surface area contributed by atoms with Gasteiger partial charge in [0.1, 0.15) is 0 Å². The summed E-state index contributed by atoms with van der Waals surface area (Å²) in [6.45, 7) is 10.7. The van der Waals surface area contributed by atoms with Crippen LogP contribution in [-0.2, 0) is 6.42 Å². The van der Waals surface area contributed by atoms with Crippen molar-refractivity contribution in [3.63, 3.8) is 0 Å². The van der Waals surface area contributed by atoms with Crippen LogP contribution in [-0.4, -0.2) is 20.2 Å². The number of ether oxygens (including phenoxy) is 1. The van der Waals surface area contributed by atoms with Gasteiger partial charge in [-0.2, -0.15) is 0 Å². The van der Waals surface area contributed by atoms with Gasteiger partial charge in [-0.15, -0.1) is 0 Å². The number of methoxy groups -OCH3 is 1. The summed E-state index contributed by atoms with van der Waals surface area (Å²) in [7, 11) is 1.48. The molecule has 0 unspecified atom stereocenters. The highest BCUT2D eigenvalue weighted by atomic mass is 19.1. The summed E-state index contributed by atoms with van der Waals surface area (Å²) < 4.78 is 18.6. The summed E-state index contributed by atoms with van der Waals surface area (Å²) in [6, 6.07) is 5.21. The second kappa shape index (κ2) is 6.90. The molecule has 1 aromatic rings. The zero-order valence-corrected chi connectivity index (χ0v) is 12.7. The summed E-state index contributed by atoms with van der Waals surface area (Å²) in [6.07, 6.45) is 0.846. The second-order valence-electron chi connectivity index (χ2n) is 6.33. The third-order valence-corrected chi connectivity index (χ3v) is 3.06. The quantitative estimate of drug-likeness (QED) is 0.814. The monoisotopic (exact) mass is 267 g/mol. The smallest absolute Gasteiger partial charge is 0.165 e. The first-order chi connectivity index (χ1) is 8.84. The summed E-state index contributed by atoms with van der Waals surface area (Å²) in [5, 5.41) is 3.46. The van der Waals surface area contributed by atoms with Gasteiger partial charge in [-0.3, -0.25) is 0 Å². The van der Waals surface area contributed by atoms with Crippen molar-refractivity contribution < 1.29 is 9.13 Å². The van der Waals surface area contributed by atoms with E-state index in [1.54, 1.807) is 12.1 Å². The maximum atomic E-state index is 13.6. The van der Waals surface area contributed by atoms with Crippen LogP contribution in [0.5, 0.6) is 5.75 Å². The fourth-order valence-electron chi connectivity index (χ4n) is 2.13. The molecule has 0 aromatic heterocycles. The first-order valence-corrected chi connectivity index (χ1v) is 6.87. The number of rotatable bonds is 7. The van der Waals surface area contributed by atoms with E-state index in [-0.39, 0.29) is 11.2 Å². The molecule has 0 fully saturated rings. The maximum absolute atomic E-state index is 13.6. The van der Waals surface area contributed by atoms with Gasteiger partial charge in [-0.1, -0.05) is 33.8 Å². The predicted octanol–water partition coefficient (Wildman–Crippen LogP) is 3.65. The molecule has 0 heterocycles. The normalized spacial score (nSPS) is 11.9. The minimum absolute atomic E-state index is 0.107. The van der Waals surface area contributed by atoms with Crippen molar-refractivity contribution in [3.05, 3.63) is 29.6 Å². The average Bonchev–Trinajstić information content (AvgIpc) is 2.27. The molecular weight excluding hydrogens is 241 g/mol. The molecule has 3 heteroatoms. The van der Waals surface area contributed by atoms with Gasteiger partial charge in [-0.05, 0) is 42.0 Å². The van der Waals surface area contributed by atoms with Crippen LogP contribution in [0.4, 0.5) is 4.39 Å². The van der Waals surface area contributed by atoms with Crippen LogP contribution in [0.1, 0.15) is 33.3 Å². The Bertz CT molecular complexity index is 402. The molecular formula is C16H26FNO. The molecule has 0 spiro atoms. The summed E-state index contributed by atoms with van der Waals surface area (Å²) >= 11 is 0. The lowest BCUT2D eigenvalue weighted by atomic mass is 9.85. The summed E-state index contributed by atoms with van der Waals surface area (Å²) in [5.74, 6) is 0.666. The fourth-order valence-corrected chi connectivity index (χ4v) is 2.13. The Balaban J connectivity index is 2.59. The van der Waals surface area contributed by atoms with Gasteiger partial charge in [0.2, 0.25) is 0 Å². The van der Waals surface area contributed by atoms with Gasteiger partial charge < -0.3 is 10.1 Å². The van der Waals surface area contributed by atoms with Gasteiger partial charge >= 0.3 is 0 Å². The van der Waals surface area contributed by atoms with E-state index in [4.69, 9.17) is 4.74 Å². The van der Waals surface area contributed by atoms with Crippen LogP contribution >= 0.6 is 0 Å². The van der Waals surface area contributed by atoms with E-state index in [9.17, 15) is 4.39 Å². The highest BCUT2D eigenvalue weighted by molar-refractivity contribution is 5.29. The molecule has 0 aliphatic rings. The average molecular weight is 267 g/mol. The minimum Gasteiger partial charge on any atom is -0.494 e. The lowest BCUT2D eigenvalue weighted by Gasteiger charge is -2.26. The lowest BCUT2D eigenvalue weighted by molar-refractivity contribution is 0.329. The van der Waals surface area contributed by atoms with Gasteiger partial charge in [0.05, 0.1) is 7.11 Å².